The average Bonchev–Trinajstić information content (AvgIpc) is 3.27. The van der Waals surface area contributed by atoms with Crippen molar-refractivity contribution in [1.82, 2.24) is 14.2 Å². The van der Waals surface area contributed by atoms with Crippen LogP contribution >= 0.6 is 11.3 Å². The molecule has 1 aromatic heterocycles. The van der Waals surface area contributed by atoms with Crippen molar-refractivity contribution in [2.45, 2.75) is 37.1 Å². The molecule has 1 fully saturated rings. The number of amides is 1. The summed E-state index contributed by atoms with van der Waals surface area (Å²) in [6, 6.07) is 11.9. The van der Waals surface area contributed by atoms with Crippen molar-refractivity contribution in [2.24, 2.45) is 0 Å². The number of rotatable bonds is 8. The van der Waals surface area contributed by atoms with Crippen LogP contribution in [0.15, 0.2) is 47.4 Å². The maximum Gasteiger partial charge on any atom is 0.260 e. The van der Waals surface area contributed by atoms with Gasteiger partial charge in [0.05, 0.1) is 22.2 Å². The van der Waals surface area contributed by atoms with Crippen molar-refractivity contribution in [3.63, 3.8) is 0 Å². The quantitative estimate of drug-likeness (QED) is 0.449. The Morgan fingerprint density at radius 3 is 2.54 bits per heavy atom. The molecular formula is C25H32N4O4S2. The second kappa shape index (κ2) is 10.6. The minimum Gasteiger partial charge on any atom is -0.497 e. The molecular weight excluding hydrogens is 484 g/mol. The number of piperidine rings is 1. The second-order valence-corrected chi connectivity index (χ2v) is 12.0. The summed E-state index contributed by atoms with van der Waals surface area (Å²) in [5, 5.41) is 0.596. The third kappa shape index (κ3) is 5.50. The van der Waals surface area contributed by atoms with Gasteiger partial charge in [-0.1, -0.05) is 17.8 Å². The first-order valence-electron chi connectivity index (χ1n) is 11.7. The van der Waals surface area contributed by atoms with Gasteiger partial charge in [-0.25, -0.2) is 13.4 Å². The number of fused-ring (bicyclic) bond motifs is 1. The maximum absolute atomic E-state index is 13.6. The minimum atomic E-state index is -3.59. The molecule has 35 heavy (non-hydrogen) atoms. The van der Waals surface area contributed by atoms with E-state index in [4.69, 9.17) is 4.74 Å². The highest BCUT2D eigenvalue weighted by Crippen LogP contribution is 2.32. The van der Waals surface area contributed by atoms with Crippen LogP contribution in [0.2, 0.25) is 0 Å². The van der Waals surface area contributed by atoms with Gasteiger partial charge >= 0.3 is 0 Å². The zero-order valence-electron chi connectivity index (χ0n) is 20.6. The number of hydrogen-bond donors (Lipinski definition) is 0. The Bertz CT molecular complexity index is 1290. The van der Waals surface area contributed by atoms with Crippen molar-refractivity contribution in [2.75, 3.05) is 45.7 Å². The van der Waals surface area contributed by atoms with Gasteiger partial charge in [-0.05, 0) is 76.3 Å². The lowest BCUT2D eigenvalue weighted by Gasteiger charge is -2.32. The van der Waals surface area contributed by atoms with Crippen molar-refractivity contribution in [3.8, 4) is 5.75 Å². The molecule has 1 saturated heterocycles. The summed E-state index contributed by atoms with van der Waals surface area (Å²) in [7, 11) is 1.93. The van der Waals surface area contributed by atoms with E-state index in [1.165, 1.54) is 23.5 Å². The van der Waals surface area contributed by atoms with Crippen LogP contribution in [0.3, 0.4) is 0 Å². The summed E-state index contributed by atoms with van der Waals surface area (Å²) in [5.74, 6) is 0.520. The maximum atomic E-state index is 13.6. The molecule has 0 N–H and O–H groups in total. The van der Waals surface area contributed by atoms with Gasteiger partial charge in [0.15, 0.2) is 5.13 Å². The van der Waals surface area contributed by atoms with Crippen LogP contribution in [0.4, 0.5) is 5.13 Å². The first-order valence-corrected chi connectivity index (χ1v) is 14.0. The Labute approximate surface area is 211 Å². The van der Waals surface area contributed by atoms with E-state index in [-0.39, 0.29) is 16.8 Å². The highest BCUT2D eigenvalue weighted by molar-refractivity contribution is 7.89. The van der Waals surface area contributed by atoms with Crippen LogP contribution < -0.4 is 9.64 Å². The molecule has 0 radical (unpaired) electrons. The van der Waals surface area contributed by atoms with Crippen LogP contribution in [0.25, 0.3) is 10.2 Å². The summed E-state index contributed by atoms with van der Waals surface area (Å²) < 4.78 is 34.2. The zero-order chi connectivity index (χ0) is 25.2. The minimum absolute atomic E-state index is 0.0192. The molecule has 1 unspecified atom stereocenters. The van der Waals surface area contributed by atoms with E-state index in [0.717, 1.165) is 35.2 Å². The molecule has 0 spiro atoms. The van der Waals surface area contributed by atoms with Gasteiger partial charge in [0, 0.05) is 31.2 Å². The molecule has 1 aliphatic heterocycles. The van der Waals surface area contributed by atoms with Gasteiger partial charge in [0.1, 0.15) is 5.75 Å². The predicted octanol–water partition coefficient (Wildman–Crippen LogP) is 4.08. The van der Waals surface area contributed by atoms with E-state index in [2.05, 4.69) is 4.98 Å². The number of ether oxygens (including phenoxy) is 1. The number of methoxy groups -OCH3 is 1. The van der Waals surface area contributed by atoms with Crippen LogP contribution in [0.5, 0.6) is 5.75 Å². The lowest BCUT2D eigenvalue weighted by molar-refractivity contribution is 0.0985. The molecule has 10 heteroatoms. The van der Waals surface area contributed by atoms with E-state index in [1.54, 1.807) is 28.4 Å². The van der Waals surface area contributed by atoms with Gasteiger partial charge in [-0.15, -0.1) is 0 Å². The molecule has 1 amide bonds. The van der Waals surface area contributed by atoms with Crippen LogP contribution in [-0.2, 0) is 10.0 Å². The molecule has 2 heterocycles. The SMILES string of the molecule is COc1ccc2nc(N(CCN(C)C)C(=O)c3ccc(S(=O)(=O)N4CCCCC4C)cc3)sc2c1. The monoisotopic (exact) mass is 516 g/mol. The van der Waals surface area contributed by atoms with Crippen molar-refractivity contribution >= 4 is 42.6 Å². The predicted molar refractivity (Wildman–Crippen MR) is 140 cm³/mol. The third-order valence-corrected chi connectivity index (χ3v) is 9.35. The first kappa shape index (κ1) is 25.6. The fourth-order valence-corrected chi connectivity index (χ4v) is 6.93. The van der Waals surface area contributed by atoms with Crippen LogP contribution in [0, 0.1) is 0 Å². The molecule has 1 aliphatic rings. The normalized spacial score (nSPS) is 17.1. The molecule has 0 bridgehead atoms. The number of hydrogen-bond acceptors (Lipinski definition) is 7. The molecule has 8 nitrogen and oxygen atoms in total. The first-order chi connectivity index (χ1) is 16.7. The highest BCUT2D eigenvalue weighted by atomic mass is 32.2. The number of benzene rings is 2. The van der Waals surface area contributed by atoms with E-state index in [9.17, 15) is 13.2 Å². The standard InChI is InChI=1S/C25H32N4O4S2/c1-18-7-5-6-14-29(18)35(31,32)21-11-8-19(9-12-21)24(30)28(16-15-27(2)3)25-26-22-13-10-20(33-4)17-23(22)34-25/h8-13,17-18H,5-7,14-16H2,1-4H3. The number of nitrogens with zero attached hydrogens (tertiary/aromatic N) is 4. The smallest absolute Gasteiger partial charge is 0.260 e. The summed E-state index contributed by atoms with van der Waals surface area (Å²) >= 11 is 1.43. The highest BCUT2D eigenvalue weighted by Gasteiger charge is 2.31. The molecule has 0 saturated carbocycles. The van der Waals surface area contributed by atoms with Crippen molar-refractivity contribution in [1.29, 1.82) is 0 Å². The lowest BCUT2D eigenvalue weighted by Crippen LogP contribution is -2.41. The zero-order valence-corrected chi connectivity index (χ0v) is 22.2. The Kier molecular flexibility index (Phi) is 7.75. The second-order valence-electron chi connectivity index (χ2n) is 9.08. The van der Waals surface area contributed by atoms with Crippen LogP contribution in [0.1, 0.15) is 36.5 Å². The largest absolute Gasteiger partial charge is 0.497 e. The third-order valence-electron chi connectivity index (χ3n) is 6.28. The van der Waals surface area contributed by atoms with Gasteiger partial charge in [-0.2, -0.15) is 4.31 Å². The number of carbonyl (C=O) groups is 1. The summed E-state index contributed by atoms with van der Waals surface area (Å²) in [6.07, 6.45) is 2.78. The lowest BCUT2D eigenvalue weighted by atomic mass is 10.1. The molecule has 2 aromatic carbocycles. The van der Waals surface area contributed by atoms with Gasteiger partial charge < -0.3 is 9.64 Å². The number of likely N-dealkylation sites (N-methyl/N-ethyl adjacent to an activating group) is 1. The Morgan fingerprint density at radius 1 is 1.14 bits per heavy atom. The number of carbonyl (C=O) groups excluding carboxylic acids is 1. The van der Waals surface area contributed by atoms with E-state index < -0.39 is 10.0 Å². The van der Waals surface area contributed by atoms with Gasteiger partial charge in [-0.3, -0.25) is 9.69 Å². The van der Waals surface area contributed by atoms with E-state index in [0.29, 0.717) is 30.3 Å². The topological polar surface area (TPSA) is 83.0 Å². The molecule has 0 aliphatic carbocycles. The number of sulfonamides is 1. The fourth-order valence-electron chi connectivity index (χ4n) is 4.21. The number of anilines is 1. The van der Waals surface area contributed by atoms with Crippen molar-refractivity contribution < 1.29 is 17.9 Å². The molecule has 188 valence electrons. The Hall–Kier alpha value is -2.53. The average molecular weight is 517 g/mol. The summed E-state index contributed by atoms with van der Waals surface area (Å²) in [5.41, 5.74) is 1.22. The molecule has 1 atom stereocenters. The van der Waals surface area contributed by atoms with Gasteiger partial charge in [0.2, 0.25) is 10.0 Å². The summed E-state index contributed by atoms with van der Waals surface area (Å²) in [6.45, 7) is 3.59. The molecule has 4 rings (SSSR count). The van der Waals surface area contributed by atoms with E-state index >= 15 is 0 Å². The van der Waals surface area contributed by atoms with Crippen molar-refractivity contribution in [3.05, 3.63) is 48.0 Å². The fraction of sp³-hybridized carbons (Fsp3) is 0.440. The number of aromatic nitrogens is 1. The number of thiazole rings is 1. The summed E-state index contributed by atoms with van der Waals surface area (Å²) in [4.78, 5) is 22.1. The van der Waals surface area contributed by atoms with Crippen LogP contribution in [-0.4, -0.2) is 75.4 Å². The van der Waals surface area contributed by atoms with Gasteiger partial charge in [0.25, 0.3) is 5.91 Å². The van der Waals surface area contributed by atoms with E-state index in [1.807, 2.05) is 44.1 Å². The Morgan fingerprint density at radius 2 is 1.89 bits per heavy atom. The Balaban J connectivity index is 1.62. The molecule has 3 aromatic rings.